The number of nitrogens with zero attached hydrogens (tertiary/aromatic N) is 1. The molecule has 0 spiro atoms. The molecule has 0 unspecified atom stereocenters. The van der Waals surface area contributed by atoms with Crippen molar-refractivity contribution < 1.29 is 4.79 Å². The average Bonchev–Trinajstić information content (AvgIpc) is 2.94. The van der Waals surface area contributed by atoms with E-state index in [0.717, 1.165) is 10.6 Å². The fourth-order valence-corrected chi connectivity index (χ4v) is 2.74. The highest BCUT2D eigenvalue weighted by molar-refractivity contribution is 7.14. The Balaban J connectivity index is 2.08. The number of amides is 1. The fraction of sp³-hybridized carbons (Fsp3) is 0.0909. The molecule has 0 aliphatic rings. The predicted molar refractivity (Wildman–Crippen MR) is 72.8 cm³/mol. The summed E-state index contributed by atoms with van der Waals surface area (Å²) < 4.78 is 0. The van der Waals surface area contributed by atoms with Crippen molar-refractivity contribution in [1.82, 2.24) is 10.3 Å². The van der Waals surface area contributed by atoms with E-state index in [9.17, 15) is 4.79 Å². The van der Waals surface area contributed by atoms with Gasteiger partial charge in [-0.2, -0.15) is 11.3 Å². The van der Waals surface area contributed by atoms with E-state index in [2.05, 4.69) is 16.9 Å². The van der Waals surface area contributed by atoms with Crippen molar-refractivity contribution in [3.05, 3.63) is 39.5 Å². The van der Waals surface area contributed by atoms with Crippen LogP contribution in [-0.4, -0.2) is 17.4 Å². The van der Waals surface area contributed by atoms with Crippen LogP contribution in [0.2, 0.25) is 0 Å². The Morgan fingerprint density at radius 3 is 3.00 bits per heavy atom. The third kappa shape index (κ3) is 3.15. The highest BCUT2D eigenvalue weighted by atomic mass is 35.5. The Hall–Kier alpha value is -1.17. The summed E-state index contributed by atoms with van der Waals surface area (Å²) in [4.78, 5) is 15.9. The molecule has 17 heavy (non-hydrogen) atoms. The number of hydrogen-bond acceptors (Lipinski definition) is 4. The van der Waals surface area contributed by atoms with Gasteiger partial charge in [-0.15, -0.1) is 11.3 Å². The lowest BCUT2D eigenvalue weighted by atomic mass is 10.3. The number of thiophene rings is 1. The van der Waals surface area contributed by atoms with Gasteiger partial charge in [-0.25, -0.2) is 4.98 Å². The molecule has 1 N–H and O–H groups in total. The maximum absolute atomic E-state index is 11.7. The first-order valence-electron chi connectivity index (χ1n) is 4.76. The quantitative estimate of drug-likeness (QED) is 0.935. The number of carbonyl (C=O) groups excluding carboxylic acids is 1. The molecule has 2 aromatic rings. The number of thiazole rings is 1. The Morgan fingerprint density at radius 1 is 1.53 bits per heavy atom. The number of carbonyl (C=O) groups is 1. The first-order valence-corrected chi connectivity index (χ1v) is 6.96. The zero-order valence-corrected chi connectivity index (χ0v) is 11.2. The highest BCUT2D eigenvalue weighted by Crippen LogP contribution is 2.25. The molecule has 0 aliphatic heterocycles. The van der Waals surface area contributed by atoms with Gasteiger partial charge in [0.25, 0.3) is 5.91 Å². The third-order valence-corrected chi connectivity index (χ3v) is 3.65. The van der Waals surface area contributed by atoms with E-state index in [0.29, 0.717) is 10.7 Å². The van der Waals surface area contributed by atoms with E-state index in [-0.39, 0.29) is 12.5 Å². The van der Waals surface area contributed by atoms with Crippen LogP contribution < -0.4 is 5.32 Å². The van der Waals surface area contributed by atoms with Crippen molar-refractivity contribution in [2.45, 2.75) is 0 Å². The SMILES string of the molecule is C=C(Cl)CNC(=O)c1csc(-c2ccsc2)n1. The van der Waals surface area contributed by atoms with E-state index < -0.39 is 0 Å². The maximum Gasteiger partial charge on any atom is 0.271 e. The van der Waals surface area contributed by atoms with Gasteiger partial charge in [0.1, 0.15) is 10.7 Å². The second-order valence-electron chi connectivity index (χ2n) is 3.25. The lowest BCUT2D eigenvalue weighted by Gasteiger charge is -1.99. The van der Waals surface area contributed by atoms with Crippen LogP contribution in [0.15, 0.2) is 33.8 Å². The zero-order valence-electron chi connectivity index (χ0n) is 8.77. The molecular formula is C11H9ClN2OS2. The molecule has 0 aliphatic carbocycles. The van der Waals surface area contributed by atoms with Crippen LogP contribution in [0.4, 0.5) is 0 Å². The largest absolute Gasteiger partial charge is 0.346 e. The van der Waals surface area contributed by atoms with Crippen LogP contribution in [0, 0.1) is 0 Å². The summed E-state index contributed by atoms with van der Waals surface area (Å²) in [5, 5.41) is 9.59. The summed E-state index contributed by atoms with van der Waals surface area (Å²) in [5.41, 5.74) is 1.45. The first kappa shape index (κ1) is 12.3. The first-order chi connectivity index (χ1) is 8.16. The van der Waals surface area contributed by atoms with Gasteiger partial charge in [0, 0.05) is 21.4 Å². The molecule has 2 heterocycles. The second-order valence-corrected chi connectivity index (χ2v) is 5.42. The molecule has 0 bridgehead atoms. The van der Waals surface area contributed by atoms with Gasteiger partial charge in [-0.1, -0.05) is 18.2 Å². The van der Waals surface area contributed by atoms with E-state index in [1.54, 1.807) is 16.7 Å². The number of aromatic nitrogens is 1. The summed E-state index contributed by atoms with van der Waals surface area (Å²) in [5.74, 6) is -0.232. The predicted octanol–water partition coefficient (Wildman–Crippen LogP) is 3.35. The molecule has 88 valence electrons. The molecule has 2 aromatic heterocycles. The molecular weight excluding hydrogens is 276 g/mol. The van der Waals surface area contributed by atoms with Gasteiger partial charge in [0.05, 0.1) is 6.54 Å². The van der Waals surface area contributed by atoms with Crippen LogP contribution in [-0.2, 0) is 0 Å². The lowest BCUT2D eigenvalue weighted by Crippen LogP contribution is -2.24. The number of nitrogens with one attached hydrogen (secondary N) is 1. The number of halogens is 1. The summed E-state index contributed by atoms with van der Waals surface area (Å²) in [7, 11) is 0. The highest BCUT2D eigenvalue weighted by Gasteiger charge is 2.11. The molecule has 0 aromatic carbocycles. The summed E-state index contributed by atoms with van der Waals surface area (Å²) >= 11 is 8.62. The lowest BCUT2D eigenvalue weighted by molar-refractivity contribution is 0.0953. The van der Waals surface area contributed by atoms with E-state index >= 15 is 0 Å². The Kier molecular flexibility index (Phi) is 3.93. The number of rotatable bonds is 4. The van der Waals surface area contributed by atoms with Crippen molar-refractivity contribution in [2.75, 3.05) is 6.54 Å². The van der Waals surface area contributed by atoms with Crippen molar-refractivity contribution in [1.29, 1.82) is 0 Å². The van der Waals surface area contributed by atoms with Gasteiger partial charge >= 0.3 is 0 Å². The zero-order chi connectivity index (χ0) is 12.3. The average molecular weight is 285 g/mol. The molecule has 0 fully saturated rings. The van der Waals surface area contributed by atoms with Crippen LogP contribution >= 0.6 is 34.3 Å². The van der Waals surface area contributed by atoms with Gasteiger partial charge in [-0.05, 0) is 11.4 Å². The summed E-state index contributed by atoms with van der Waals surface area (Å²) in [6, 6.07) is 1.98. The molecule has 2 rings (SSSR count). The van der Waals surface area contributed by atoms with Crippen LogP contribution in [0.5, 0.6) is 0 Å². The smallest absolute Gasteiger partial charge is 0.271 e. The van der Waals surface area contributed by atoms with E-state index in [1.165, 1.54) is 11.3 Å². The Morgan fingerprint density at radius 2 is 2.35 bits per heavy atom. The molecule has 3 nitrogen and oxygen atoms in total. The maximum atomic E-state index is 11.7. The molecule has 0 atom stereocenters. The summed E-state index contributed by atoms with van der Waals surface area (Å²) in [6.07, 6.45) is 0. The minimum absolute atomic E-state index is 0.232. The minimum atomic E-state index is -0.232. The van der Waals surface area contributed by atoms with Crippen molar-refractivity contribution in [3.63, 3.8) is 0 Å². The molecule has 0 saturated carbocycles. The van der Waals surface area contributed by atoms with E-state index in [4.69, 9.17) is 11.6 Å². The van der Waals surface area contributed by atoms with Crippen LogP contribution in [0.3, 0.4) is 0 Å². The van der Waals surface area contributed by atoms with Gasteiger partial charge in [0.2, 0.25) is 0 Å². The van der Waals surface area contributed by atoms with Gasteiger partial charge in [-0.3, -0.25) is 4.79 Å². The molecule has 0 saturated heterocycles. The number of hydrogen-bond donors (Lipinski definition) is 1. The molecule has 0 radical (unpaired) electrons. The molecule has 6 heteroatoms. The van der Waals surface area contributed by atoms with Crippen LogP contribution in [0.1, 0.15) is 10.5 Å². The third-order valence-electron chi connectivity index (χ3n) is 1.95. The van der Waals surface area contributed by atoms with Gasteiger partial charge < -0.3 is 5.32 Å². The van der Waals surface area contributed by atoms with Crippen molar-refractivity contribution in [3.8, 4) is 10.6 Å². The standard InChI is InChI=1S/C11H9ClN2OS2/c1-7(12)4-13-10(15)9-6-17-11(14-9)8-2-3-16-5-8/h2-3,5-6H,1,4H2,(H,13,15). The topological polar surface area (TPSA) is 42.0 Å². The second kappa shape index (κ2) is 5.44. The van der Waals surface area contributed by atoms with Gasteiger partial charge in [0.15, 0.2) is 0 Å². The summed E-state index contributed by atoms with van der Waals surface area (Å²) in [6.45, 7) is 3.76. The fourth-order valence-electron chi connectivity index (χ4n) is 1.16. The Bertz CT molecular complexity index is 533. The molecule has 1 amide bonds. The van der Waals surface area contributed by atoms with E-state index in [1.807, 2.05) is 16.8 Å². The Labute approximate surface area is 112 Å². The minimum Gasteiger partial charge on any atom is -0.346 e. The normalized spacial score (nSPS) is 10.2. The monoisotopic (exact) mass is 284 g/mol. The van der Waals surface area contributed by atoms with Crippen molar-refractivity contribution in [2.24, 2.45) is 0 Å². The van der Waals surface area contributed by atoms with Crippen molar-refractivity contribution >= 4 is 40.2 Å². The van der Waals surface area contributed by atoms with Crippen LogP contribution in [0.25, 0.3) is 10.6 Å².